The van der Waals surface area contributed by atoms with Crippen LogP contribution in [-0.2, 0) is 11.3 Å². The highest BCUT2D eigenvalue weighted by Crippen LogP contribution is 2.32. The lowest BCUT2D eigenvalue weighted by molar-refractivity contribution is -0.189. The van der Waals surface area contributed by atoms with E-state index in [4.69, 9.17) is 14.7 Å². The molecule has 1 aliphatic rings. The molecule has 1 aromatic rings. The van der Waals surface area contributed by atoms with Crippen molar-refractivity contribution in [1.82, 2.24) is 4.90 Å². The molecule has 1 aliphatic heterocycles. The Kier molecular flexibility index (Phi) is 4.11. The van der Waals surface area contributed by atoms with Gasteiger partial charge in [-0.1, -0.05) is 6.07 Å². The van der Waals surface area contributed by atoms with Gasteiger partial charge in [-0.15, -0.1) is 0 Å². The average Bonchev–Trinajstić information content (AvgIpc) is 2.86. The molecule has 2 rings (SSSR count). The molecule has 1 atom stereocenters. The summed E-state index contributed by atoms with van der Waals surface area (Å²) < 4.78 is 10.6. The van der Waals surface area contributed by atoms with Crippen LogP contribution in [0.15, 0.2) is 18.2 Å². The number of benzene rings is 1. The van der Waals surface area contributed by atoms with Gasteiger partial charge in [0.15, 0.2) is 11.5 Å². The summed E-state index contributed by atoms with van der Waals surface area (Å²) in [5, 5.41) is 8.45. The van der Waals surface area contributed by atoms with Crippen molar-refractivity contribution in [2.24, 2.45) is 0 Å². The number of hydrogen-bond acceptors (Lipinski definition) is 5. The van der Waals surface area contributed by atoms with Crippen LogP contribution < -0.4 is 9.47 Å². The summed E-state index contributed by atoms with van der Waals surface area (Å²) >= 11 is 0. The summed E-state index contributed by atoms with van der Waals surface area (Å²) in [5.41, 5.74) is 1.03. The molecule has 6 heteroatoms. The summed E-state index contributed by atoms with van der Waals surface area (Å²) in [6, 6.07) is 5.59. The van der Waals surface area contributed by atoms with E-state index in [1.54, 1.807) is 0 Å². The summed E-state index contributed by atoms with van der Waals surface area (Å²) in [5.74, 6) is 1.45. The van der Waals surface area contributed by atoms with Crippen molar-refractivity contribution in [2.75, 3.05) is 13.3 Å². The first kappa shape index (κ1) is 13.5. The lowest BCUT2D eigenvalue weighted by atomic mass is 10.1. The van der Waals surface area contributed by atoms with Gasteiger partial charge in [-0.3, -0.25) is 4.89 Å². The second kappa shape index (κ2) is 5.79. The number of carbonyl (C=O) groups excluding carboxylic acids is 1. The van der Waals surface area contributed by atoms with Gasteiger partial charge in [-0.2, -0.15) is 5.26 Å². The van der Waals surface area contributed by atoms with Gasteiger partial charge in [0.05, 0.1) is 0 Å². The van der Waals surface area contributed by atoms with Crippen molar-refractivity contribution < 1.29 is 24.4 Å². The Morgan fingerprint density at radius 1 is 1.47 bits per heavy atom. The van der Waals surface area contributed by atoms with E-state index in [9.17, 15) is 4.79 Å². The summed E-state index contributed by atoms with van der Waals surface area (Å²) in [6.45, 7) is 4.43. The minimum absolute atomic E-state index is 0.0926. The number of likely N-dealkylation sites (N-methyl/N-ethyl adjacent to an activating group) is 1. The molecule has 0 spiro atoms. The molecule has 1 unspecified atom stereocenters. The highest BCUT2D eigenvalue weighted by molar-refractivity contribution is 5.67. The van der Waals surface area contributed by atoms with Gasteiger partial charge in [0, 0.05) is 12.6 Å². The number of ether oxygens (including phenoxy) is 2. The van der Waals surface area contributed by atoms with E-state index in [0.717, 1.165) is 17.1 Å². The van der Waals surface area contributed by atoms with E-state index >= 15 is 0 Å². The van der Waals surface area contributed by atoms with Gasteiger partial charge in [-0.25, -0.2) is 4.79 Å². The fourth-order valence-corrected chi connectivity index (χ4v) is 2.19. The van der Waals surface area contributed by atoms with Crippen LogP contribution in [0, 0.1) is 0 Å². The summed E-state index contributed by atoms with van der Waals surface area (Å²) in [4.78, 5) is 16.6. The van der Waals surface area contributed by atoms with E-state index in [1.165, 1.54) is 4.90 Å². The molecule has 0 saturated carbocycles. The van der Waals surface area contributed by atoms with Crippen LogP contribution in [0.2, 0.25) is 0 Å². The van der Waals surface area contributed by atoms with E-state index in [-0.39, 0.29) is 12.8 Å². The predicted octanol–water partition coefficient (Wildman–Crippen LogP) is 2.28. The third-order valence-electron chi connectivity index (χ3n) is 3.15. The number of carbonyl (C=O) groups is 1. The van der Waals surface area contributed by atoms with Crippen LogP contribution in [0.3, 0.4) is 0 Å². The Balaban J connectivity index is 2.05. The molecule has 0 fully saturated rings. The Morgan fingerprint density at radius 2 is 2.21 bits per heavy atom. The van der Waals surface area contributed by atoms with Gasteiger partial charge in [-0.05, 0) is 38.0 Å². The van der Waals surface area contributed by atoms with Gasteiger partial charge in [0.2, 0.25) is 6.79 Å². The van der Waals surface area contributed by atoms with E-state index < -0.39 is 6.09 Å². The lowest BCUT2D eigenvalue weighted by Gasteiger charge is -2.25. The maximum Gasteiger partial charge on any atom is 0.441 e. The summed E-state index contributed by atoms with van der Waals surface area (Å²) in [7, 11) is 0. The Morgan fingerprint density at radius 3 is 2.89 bits per heavy atom. The number of hydrogen-bond donors (Lipinski definition) is 1. The molecule has 0 radical (unpaired) electrons. The molecule has 0 bridgehead atoms. The van der Waals surface area contributed by atoms with Crippen molar-refractivity contribution in [1.29, 1.82) is 0 Å². The highest BCUT2D eigenvalue weighted by atomic mass is 17.1. The van der Waals surface area contributed by atoms with E-state index in [0.29, 0.717) is 13.0 Å². The Hall–Kier alpha value is -1.95. The minimum Gasteiger partial charge on any atom is -0.454 e. The molecule has 1 aromatic carbocycles. The second-order valence-electron chi connectivity index (χ2n) is 4.38. The highest BCUT2D eigenvalue weighted by Gasteiger charge is 2.21. The number of rotatable bonds is 4. The number of amides is 1. The molecule has 104 valence electrons. The van der Waals surface area contributed by atoms with Crippen molar-refractivity contribution >= 4 is 6.09 Å². The zero-order chi connectivity index (χ0) is 13.8. The molecule has 6 nitrogen and oxygen atoms in total. The zero-order valence-corrected chi connectivity index (χ0v) is 11.0. The van der Waals surface area contributed by atoms with Crippen LogP contribution in [0.4, 0.5) is 4.79 Å². The molecule has 0 aromatic heterocycles. The van der Waals surface area contributed by atoms with Gasteiger partial charge in [0.25, 0.3) is 0 Å². The molecular formula is C13H17NO5. The monoisotopic (exact) mass is 267 g/mol. The quantitative estimate of drug-likeness (QED) is 0.669. The number of nitrogens with zero attached hydrogens (tertiary/aromatic N) is 1. The topological polar surface area (TPSA) is 68.2 Å². The van der Waals surface area contributed by atoms with E-state index in [1.807, 2.05) is 32.0 Å². The standard InChI is InChI=1S/C13H17NO5/c1-3-14(13(15)19-16)9(2)6-10-4-5-11-12(7-10)18-8-17-11/h4-5,7,9,16H,3,6,8H2,1-2H3. The largest absolute Gasteiger partial charge is 0.454 e. The fourth-order valence-electron chi connectivity index (χ4n) is 2.19. The molecule has 1 N–H and O–H groups in total. The van der Waals surface area contributed by atoms with Crippen molar-refractivity contribution in [3.63, 3.8) is 0 Å². The number of fused-ring (bicyclic) bond motifs is 1. The first-order valence-corrected chi connectivity index (χ1v) is 6.16. The van der Waals surface area contributed by atoms with Crippen molar-refractivity contribution in [2.45, 2.75) is 26.3 Å². The normalized spacial score (nSPS) is 14.1. The van der Waals surface area contributed by atoms with Crippen LogP contribution in [0.5, 0.6) is 11.5 Å². The summed E-state index contributed by atoms with van der Waals surface area (Å²) in [6.07, 6.45) is -0.102. The molecule has 0 saturated heterocycles. The van der Waals surface area contributed by atoms with E-state index in [2.05, 4.69) is 4.89 Å². The predicted molar refractivity (Wildman–Crippen MR) is 67.2 cm³/mol. The molecule has 1 amide bonds. The zero-order valence-electron chi connectivity index (χ0n) is 11.0. The van der Waals surface area contributed by atoms with Crippen molar-refractivity contribution in [3.8, 4) is 11.5 Å². The van der Waals surface area contributed by atoms with Crippen LogP contribution in [0.25, 0.3) is 0 Å². The smallest absolute Gasteiger partial charge is 0.441 e. The molecule has 0 aliphatic carbocycles. The van der Waals surface area contributed by atoms with Crippen LogP contribution >= 0.6 is 0 Å². The maximum absolute atomic E-state index is 11.4. The molecular weight excluding hydrogens is 250 g/mol. The van der Waals surface area contributed by atoms with Gasteiger partial charge < -0.3 is 14.4 Å². The minimum atomic E-state index is -0.740. The average molecular weight is 267 g/mol. The SMILES string of the molecule is CCN(C(=O)OO)C(C)Cc1ccc2c(c1)OCO2. The Bertz CT molecular complexity index is 462. The third-order valence-corrected chi connectivity index (χ3v) is 3.15. The van der Waals surface area contributed by atoms with Gasteiger partial charge >= 0.3 is 6.09 Å². The third kappa shape index (κ3) is 2.90. The van der Waals surface area contributed by atoms with Crippen LogP contribution in [0.1, 0.15) is 19.4 Å². The maximum atomic E-state index is 11.4. The molecule has 19 heavy (non-hydrogen) atoms. The molecule has 1 heterocycles. The fraction of sp³-hybridized carbons (Fsp3) is 0.462. The first-order valence-electron chi connectivity index (χ1n) is 6.16. The lowest BCUT2D eigenvalue weighted by Crippen LogP contribution is -2.39. The first-order chi connectivity index (χ1) is 9.15. The second-order valence-corrected chi connectivity index (χ2v) is 4.38. The Labute approximate surface area is 111 Å². The van der Waals surface area contributed by atoms with Crippen LogP contribution in [-0.4, -0.2) is 35.6 Å². The van der Waals surface area contributed by atoms with Gasteiger partial charge in [0.1, 0.15) is 0 Å². The van der Waals surface area contributed by atoms with Crippen molar-refractivity contribution in [3.05, 3.63) is 23.8 Å².